The Hall–Kier alpha value is -0.570. The fourth-order valence-electron chi connectivity index (χ4n) is 2.54. The van der Waals surface area contributed by atoms with Crippen molar-refractivity contribution in [1.29, 1.82) is 0 Å². The lowest BCUT2D eigenvalue weighted by Crippen LogP contribution is -2.42. The molecule has 2 heterocycles. The highest BCUT2D eigenvalue weighted by atomic mass is 15.5. The Morgan fingerprint density at radius 2 is 2.17 bits per heavy atom. The molecule has 0 radical (unpaired) electrons. The number of hydrazone groups is 1. The molecule has 2 aliphatic rings. The van der Waals surface area contributed by atoms with Gasteiger partial charge in [0.15, 0.2) is 0 Å². The van der Waals surface area contributed by atoms with E-state index in [0.29, 0.717) is 5.54 Å². The Labute approximate surface area is 74.0 Å². The summed E-state index contributed by atoms with van der Waals surface area (Å²) in [5, 5.41) is 6.10. The van der Waals surface area contributed by atoms with Crippen molar-refractivity contribution in [2.75, 3.05) is 26.7 Å². The van der Waals surface area contributed by atoms with Gasteiger partial charge in [0, 0.05) is 18.8 Å². The van der Waals surface area contributed by atoms with Crippen LogP contribution >= 0.6 is 0 Å². The van der Waals surface area contributed by atoms with Crippen molar-refractivity contribution in [3.8, 4) is 0 Å². The molecule has 0 N–H and O–H groups in total. The van der Waals surface area contributed by atoms with Gasteiger partial charge in [0.25, 0.3) is 0 Å². The van der Waals surface area contributed by atoms with Gasteiger partial charge in [-0.05, 0) is 32.9 Å². The van der Waals surface area contributed by atoms with Gasteiger partial charge in [-0.15, -0.1) is 0 Å². The molecular formula is C9H17N3. The topological polar surface area (TPSA) is 18.8 Å². The van der Waals surface area contributed by atoms with Gasteiger partial charge in [-0.2, -0.15) is 5.10 Å². The summed E-state index contributed by atoms with van der Waals surface area (Å²) in [6.45, 7) is 7.02. The van der Waals surface area contributed by atoms with E-state index in [9.17, 15) is 0 Å². The molecule has 0 saturated carbocycles. The Balaban J connectivity index is 2.08. The molecule has 2 fully saturated rings. The predicted octanol–water partition coefficient (Wildman–Crippen LogP) is 0.772. The van der Waals surface area contributed by atoms with Crippen molar-refractivity contribution < 1.29 is 0 Å². The zero-order chi connectivity index (χ0) is 8.60. The van der Waals surface area contributed by atoms with Gasteiger partial charge in [-0.3, -0.25) is 9.91 Å². The standard InChI is InChI=1S/C9H17N3/c1-10-12-7-5-9(8-12)4-3-6-11(9)2/h1,3-8H2,2H3. The normalized spacial score (nSPS) is 36.6. The first kappa shape index (κ1) is 8.05. The summed E-state index contributed by atoms with van der Waals surface area (Å²) in [6, 6.07) is 0. The smallest absolute Gasteiger partial charge is 0.0545 e. The highest BCUT2D eigenvalue weighted by molar-refractivity contribution is 5.23. The molecule has 3 heteroatoms. The third-order valence-electron chi connectivity index (χ3n) is 3.46. The van der Waals surface area contributed by atoms with E-state index in [1.54, 1.807) is 0 Å². The van der Waals surface area contributed by atoms with Crippen LogP contribution in [0.1, 0.15) is 19.3 Å². The van der Waals surface area contributed by atoms with Crippen LogP contribution in [0, 0.1) is 0 Å². The molecule has 0 aromatic heterocycles. The fourth-order valence-corrected chi connectivity index (χ4v) is 2.54. The third-order valence-corrected chi connectivity index (χ3v) is 3.46. The lowest BCUT2D eigenvalue weighted by atomic mass is 9.96. The Morgan fingerprint density at radius 1 is 1.33 bits per heavy atom. The number of hydrogen-bond acceptors (Lipinski definition) is 3. The van der Waals surface area contributed by atoms with Gasteiger partial charge in [0.05, 0.1) is 6.54 Å². The van der Waals surface area contributed by atoms with Crippen molar-refractivity contribution in [2.24, 2.45) is 5.10 Å². The maximum absolute atomic E-state index is 4.00. The molecule has 0 aliphatic carbocycles. The van der Waals surface area contributed by atoms with E-state index in [2.05, 4.69) is 28.8 Å². The average molecular weight is 167 g/mol. The quantitative estimate of drug-likeness (QED) is 0.537. The van der Waals surface area contributed by atoms with Crippen molar-refractivity contribution in [2.45, 2.75) is 24.8 Å². The summed E-state index contributed by atoms with van der Waals surface area (Å²) >= 11 is 0. The van der Waals surface area contributed by atoms with E-state index < -0.39 is 0 Å². The van der Waals surface area contributed by atoms with Gasteiger partial charge in [0.1, 0.15) is 0 Å². The first-order valence-corrected chi connectivity index (χ1v) is 4.70. The van der Waals surface area contributed by atoms with Crippen LogP contribution in [0.3, 0.4) is 0 Å². The second-order valence-electron chi connectivity index (χ2n) is 4.03. The molecule has 0 aromatic rings. The third kappa shape index (κ3) is 1.04. The lowest BCUT2D eigenvalue weighted by molar-refractivity contribution is 0.175. The van der Waals surface area contributed by atoms with Crippen molar-refractivity contribution >= 4 is 6.72 Å². The molecule has 2 aliphatic heterocycles. The number of likely N-dealkylation sites (N-methyl/N-ethyl adjacent to an activating group) is 1. The highest BCUT2D eigenvalue weighted by Crippen LogP contribution is 2.36. The second kappa shape index (κ2) is 2.73. The van der Waals surface area contributed by atoms with Crippen molar-refractivity contribution in [3.05, 3.63) is 0 Å². The van der Waals surface area contributed by atoms with Crippen LogP contribution in [0.5, 0.6) is 0 Å². The first-order chi connectivity index (χ1) is 5.77. The first-order valence-electron chi connectivity index (χ1n) is 4.70. The summed E-state index contributed by atoms with van der Waals surface area (Å²) in [4.78, 5) is 2.50. The highest BCUT2D eigenvalue weighted by Gasteiger charge is 2.43. The molecular weight excluding hydrogens is 150 g/mol. The van der Waals surface area contributed by atoms with Crippen LogP contribution in [0.15, 0.2) is 5.10 Å². The number of likely N-dealkylation sites (tertiary alicyclic amines) is 1. The summed E-state index contributed by atoms with van der Waals surface area (Å²) < 4.78 is 0. The molecule has 1 spiro atoms. The number of nitrogens with zero attached hydrogens (tertiary/aromatic N) is 3. The molecule has 0 aromatic carbocycles. The molecule has 0 amide bonds. The van der Waals surface area contributed by atoms with Gasteiger partial charge >= 0.3 is 0 Å². The predicted molar refractivity (Wildman–Crippen MR) is 50.3 cm³/mol. The Kier molecular flexibility index (Phi) is 1.83. The van der Waals surface area contributed by atoms with E-state index in [1.165, 1.54) is 25.8 Å². The fraction of sp³-hybridized carbons (Fsp3) is 0.889. The molecule has 2 saturated heterocycles. The largest absolute Gasteiger partial charge is 0.299 e. The van der Waals surface area contributed by atoms with Crippen LogP contribution in [0.25, 0.3) is 0 Å². The monoisotopic (exact) mass is 167 g/mol. The van der Waals surface area contributed by atoms with Crippen LogP contribution in [0.4, 0.5) is 0 Å². The number of hydrogen-bond donors (Lipinski definition) is 0. The minimum absolute atomic E-state index is 0.446. The summed E-state index contributed by atoms with van der Waals surface area (Å²) in [6.07, 6.45) is 3.96. The van der Waals surface area contributed by atoms with Crippen LogP contribution in [-0.2, 0) is 0 Å². The van der Waals surface area contributed by atoms with E-state index in [1.807, 2.05) is 0 Å². The molecule has 1 unspecified atom stereocenters. The maximum Gasteiger partial charge on any atom is 0.0545 e. The summed E-state index contributed by atoms with van der Waals surface area (Å²) in [7, 11) is 2.24. The van der Waals surface area contributed by atoms with Crippen LogP contribution in [0.2, 0.25) is 0 Å². The van der Waals surface area contributed by atoms with Crippen molar-refractivity contribution in [1.82, 2.24) is 9.91 Å². The van der Waals surface area contributed by atoms with Crippen LogP contribution in [-0.4, -0.2) is 48.8 Å². The molecule has 3 nitrogen and oxygen atoms in total. The van der Waals surface area contributed by atoms with Crippen molar-refractivity contribution in [3.63, 3.8) is 0 Å². The van der Waals surface area contributed by atoms with E-state index in [-0.39, 0.29) is 0 Å². The SMILES string of the molecule is C=NN1CCC2(CCCN2C)C1. The van der Waals surface area contributed by atoms with Gasteiger partial charge in [-0.1, -0.05) is 0 Å². The molecule has 0 bridgehead atoms. The van der Waals surface area contributed by atoms with E-state index >= 15 is 0 Å². The lowest BCUT2D eigenvalue weighted by Gasteiger charge is -2.31. The Bertz CT molecular complexity index is 192. The average Bonchev–Trinajstić information content (AvgIpc) is 2.63. The van der Waals surface area contributed by atoms with Gasteiger partial charge < -0.3 is 0 Å². The summed E-state index contributed by atoms with van der Waals surface area (Å²) in [5.41, 5.74) is 0.446. The van der Waals surface area contributed by atoms with Gasteiger partial charge in [0.2, 0.25) is 0 Å². The molecule has 12 heavy (non-hydrogen) atoms. The minimum Gasteiger partial charge on any atom is -0.299 e. The zero-order valence-corrected chi connectivity index (χ0v) is 7.79. The maximum atomic E-state index is 4.00. The summed E-state index contributed by atoms with van der Waals surface area (Å²) in [5.74, 6) is 0. The van der Waals surface area contributed by atoms with E-state index in [0.717, 1.165) is 13.1 Å². The number of rotatable bonds is 1. The second-order valence-corrected chi connectivity index (χ2v) is 4.03. The minimum atomic E-state index is 0.446. The van der Waals surface area contributed by atoms with E-state index in [4.69, 9.17) is 0 Å². The molecule has 68 valence electrons. The zero-order valence-electron chi connectivity index (χ0n) is 7.79. The molecule has 2 rings (SSSR count). The Morgan fingerprint density at radius 3 is 2.67 bits per heavy atom. The van der Waals surface area contributed by atoms with Gasteiger partial charge in [-0.25, -0.2) is 0 Å². The molecule has 1 atom stereocenters. The van der Waals surface area contributed by atoms with Crippen LogP contribution < -0.4 is 0 Å².